The van der Waals surface area contributed by atoms with Gasteiger partial charge in [-0.1, -0.05) is 11.6 Å². The Morgan fingerprint density at radius 1 is 1.56 bits per heavy atom. The molecule has 1 heterocycles. The molecule has 0 aliphatic carbocycles. The van der Waals surface area contributed by atoms with Gasteiger partial charge >= 0.3 is 0 Å². The van der Waals surface area contributed by atoms with E-state index < -0.39 is 0 Å². The van der Waals surface area contributed by atoms with Gasteiger partial charge in [-0.25, -0.2) is 0 Å². The predicted molar refractivity (Wildman–Crippen MR) is 70.0 cm³/mol. The van der Waals surface area contributed by atoms with E-state index in [2.05, 4.69) is 5.32 Å². The summed E-state index contributed by atoms with van der Waals surface area (Å²) in [7, 11) is 1.70. The number of benzene rings is 1. The van der Waals surface area contributed by atoms with Crippen molar-refractivity contribution in [3.8, 4) is 5.75 Å². The molecule has 0 amide bonds. The standard InChI is InChI=1S/C13H18ClNO3/c1-17-13(4-5-18-9-13)8-15-7-10-6-11(14)2-3-12(10)16/h2-3,6,15-16H,4-5,7-9H2,1H3. The monoisotopic (exact) mass is 271 g/mol. The lowest BCUT2D eigenvalue weighted by atomic mass is 10.0. The number of ether oxygens (including phenoxy) is 2. The third kappa shape index (κ3) is 3.14. The molecule has 1 aromatic carbocycles. The van der Waals surface area contributed by atoms with Crippen LogP contribution >= 0.6 is 11.6 Å². The van der Waals surface area contributed by atoms with Crippen LogP contribution < -0.4 is 5.32 Å². The highest BCUT2D eigenvalue weighted by molar-refractivity contribution is 6.30. The fraction of sp³-hybridized carbons (Fsp3) is 0.538. The molecule has 1 atom stereocenters. The third-order valence-corrected chi connectivity index (χ3v) is 3.54. The molecule has 4 nitrogen and oxygen atoms in total. The van der Waals surface area contributed by atoms with Gasteiger partial charge in [0.15, 0.2) is 0 Å². The first kappa shape index (κ1) is 13.6. The van der Waals surface area contributed by atoms with Crippen LogP contribution in [0.1, 0.15) is 12.0 Å². The first-order chi connectivity index (χ1) is 8.65. The third-order valence-electron chi connectivity index (χ3n) is 3.30. The van der Waals surface area contributed by atoms with Crippen LogP contribution in [-0.2, 0) is 16.0 Å². The van der Waals surface area contributed by atoms with Gasteiger partial charge in [-0.15, -0.1) is 0 Å². The molecule has 0 aromatic heterocycles. The summed E-state index contributed by atoms with van der Waals surface area (Å²) in [5.41, 5.74) is 0.543. The molecule has 0 spiro atoms. The number of phenolic OH excluding ortho intramolecular Hbond substituents is 1. The molecule has 0 radical (unpaired) electrons. The molecule has 2 rings (SSSR count). The van der Waals surface area contributed by atoms with Crippen molar-refractivity contribution in [3.63, 3.8) is 0 Å². The minimum atomic E-state index is -0.242. The van der Waals surface area contributed by atoms with Crippen LogP contribution in [0.15, 0.2) is 18.2 Å². The Morgan fingerprint density at radius 3 is 3.06 bits per heavy atom. The van der Waals surface area contributed by atoms with Gasteiger partial charge in [0.1, 0.15) is 11.4 Å². The molecule has 5 heteroatoms. The maximum Gasteiger partial charge on any atom is 0.120 e. The molecule has 1 aliphatic rings. The fourth-order valence-electron chi connectivity index (χ4n) is 2.08. The molecular formula is C13H18ClNO3. The van der Waals surface area contributed by atoms with Crippen LogP contribution in [0.25, 0.3) is 0 Å². The highest BCUT2D eigenvalue weighted by Crippen LogP contribution is 2.23. The molecule has 18 heavy (non-hydrogen) atoms. The van der Waals surface area contributed by atoms with Crippen LogP contribution in [0.3, 0.4) is 0 Å². The van der Waals surface area contributed by atoms with E-state index in [4.69, 9.17) is 21.1 Å². The molecular weight excluding hydrogens is 254 g/mol. The van der Waals surface area contributed by atoms with E-state index in [-0.39, 0.29) is 11.4 Å². The van der Waals surface area contributed by atoms with Crippen LogP contribution in [0, 0.1) is 0 Å². The van der Waals surface area contributed by atoms with E-state index in [9.17, 15) is 5.11 Å². The molecule has 2 N–H and O–H groups in total. The number of nitrogens with one attached hydrogen (secondary N) is 1. The lowest BCUT2D eigenvalue weighted by molar-refractivity contribution is -0.0159. The summed E-state index contributed by atoms with van der Waals surface area (Å²) in [6, 6.07) is 5.03. The number of methoxy groups -OCH3 is 1. The van der Waals surface area contributed by atoms with E-state index in [1.807, 2.05) is 0 Å². The van der Waals surface area contributed by atoms with Gasteiger partial charge in [-0.2, -0.15) is 0 Å². The number of hydrogen-bond acceptors (Lipinski definition) is 4. The van der Waals surface area contributed by atoms with Crippen LogP contribution in [0.2, 0.25) is 5.02 Å². The summed E-state index contributed by atoms with van der Waals surface area (Å²) in [4.78, 5) is 0. The summed E-state index contributed by atoms with van der Waals surface area (Å²) >= 11 is 5.89. The molecule has 1 aromatic rings. The lowest BCUT2D eigenvalue weighted by Gasteiger charge is -2.26. The summed E-state index contributed by atoms with van der Waals surface area (Å²) in [5.74, 6) is 0.251. The minimum absolute atomic E-state index is 0.242. The molecule has 0 bridgehead atoms. The molecule has 1 fully saturated rings. The number of aromatic hydroxyl groups is 1. The van der Waals surface area contributed by atoms with Crippen molar-refractivity contribution in [1.82, 2.24) is 5.32 Å². The minimum Gasteiger partial charge on any atom is -0.508 e. The van der Waals surface area contributed by atoms with Crippen LogP contribution in [0.4, 0.5) is 0 Å². The SMILES string of the molecule is COC1(CNCc2cc(Cl)ccc2O)CCOC1. The average Bonchev–Trinajstić information content (AvgIpc) is 2.83. The van der Waals surface area contributed by atoms with Crippen molar-refractivity contribution in [2.45, 2.75) is 18.6 Å². The van der Waals surface area contributed by atoms with Crippen molar-refractivity contribution in [3.05, 3.63) is 28.8 Å². The quantitative estimate of drug-likeness (QED) is 0.859. The molecule has 0 saturated carbocycles. The zero-order valence-electron chi connectivity index (χ0n) is 10.4. The molecule has 100 valence electrons. The second-order valence-electron chi connectivity index (χ2n) is 4.57. The van der Waals surface area contributed by atoms with Crippen LogP contribution in [-0.4, -0.2) is 37.6 Å². The largest absolute Gasteiger partial charge is 0.508 e. The van der Waals surface area contributed by atoms with Gasteiger partial charge in [0.2, 0.25) is 0 Å². The van der Waals surface area contributed by atoms with Gasteiger partial charge in [0, 0.05) is 43.8 Å². The Balaban J connectivity index is 1.89. The first-order valence-corrected chi connectivity index (χ1v) is 6.34. The topological polar surface area (TPSA) is 50.7 Å². The first-order valence-electron chi connectivity index (χ1n) is 5.96. The Labute approximate surface area is 112 Å². The number of phenols is 1. The average molecular weight is 272 g/mol. The van der Waals surface area contributed by atoms with Crippen molar-refractivity contribution in [2.24, 2.45) is 0 Å². The number of rotatable bonds is 5. The Morgan fingerprint density at radius 2 is 2.39 bits per heavy atom. The summed E-state index contributed by atoms with van der Waals surface area (Å²) in [5, 5.41) is 13.6. The summed E-state index contributed by atoms with van der Waals surface area (Å²) < 4.78 is 10.9. The van der Waals surface area contributed by atoms with Crippen molar-refractivity contribution >= 4 is 11.6 Å². The fourth-order valence-corrected chi connectivity index (χ4v) is 2.28. The van der Waals surface area contributed by atoms with Crippen LogP contribution in [0.5, 0.6) is 5.75 Å². The number of hydrogen-bond donors (Lipinski definition) is 2. The highest BCUT2D eigenvalue weighted by atomic mass is 35.5. The molecule has 1 unspecified atom stereocenters. The van der Waals surface area contributed by atoms with Gasteiger partial charge < -0.3 is 19.9 Å². The molecule has 1 aliphatic heterocycles. The number of halogens is 1. The maximum atomic E-state index is 9.69. The van der Waals surface area contributed by atoms with Gasteiger partial charge in [0.25, 0.3) is 0 Å². The van der Waals surface area contributed by atoms with E-state index in [0.717, 1.165) is 18.6 Å². The van der Waals surface area contributed by atoms with E-state index in [1.165, 1.54) is 0 Å². The summed E-state index contributed by atoms with van der Waals surface area (Å²) in [6.45, 7) is 2.59. The zero-order chi connectivity index (χ0) is 13.0. The molecule has 1 saturated heterocycles. The normalized spacial score (nSPS) is 23.4. The zero-order valence-corrected chi connectivity index (χ0v) is 11.2. The Hall–Kier alpha value is -0.810. The smallest absolute Gasteiger partial charge is 0.120 e. The van der Waals surface area contributed by atoms with Crippen molar-refractivity contribution < 1.29 is 14.6 Å². The predicted octanol–water partition coefficient (Wildman–Crippen LogP) is 1.94. The Kier molecular flexibility index (Phi) is 4.45. The second kappa shape index (κ2) is 5.89. The van der Waals surface area contributed by atoms with Gasteiger partial charge in [-0.3, -0.25) is 0 Å². The van der Waals surface area contributed by atoms with E-state index in [1.54, 1.807) is 25.3 Å². The van der Waals surface area contributed by atoms with E-state index >= 15 is 0 Å². The van der Waals surface area contributed by atoms with E-state index in [0.29, 0.717) is 24.7 Å². The van der Waals surface area contributed by atoms with Gasteiger partial charge in [-0.05, 0) is 18.2 Å². The maximum absolute atomic E-state index is 9.69. The lowest BCUT2D eigenvalue weighted by Crippen LogP contribution is -2.42. The Bertz CT molecular complexity index is 405. The summed E-state index contributed by atoms with van der Waals surface area (Å²) in [6.07, 6.45) is 0.887. The second-order valence-corrected chi connectivity index (χ2v) is 5.00. The van der Waals surface area contributed by atoms with Gasteiger partial charge in [0.05, 0.1) is 6.61 Å². The highest BCUT2D eigenvalue weighted by Gasteiger charge is 2.34. The van der Waals surface area contributed by atoms with Crippen molar-refractivity contribution in [1.29, 1.82) is 0 Å². The van der Waals surface area contributed by atoms with Crippen molar-refractivity contribution in [2.75, 3.05) is 26.9 Å².